The molecule has 0 heterocycles. The molecule has 0 unspecified atom stereocenters. The third-order valence-electron chi connectivity index (χ3n) is 20.8. The van der Waals surface area contributed by atoms with E-state index in [1.54, 1.807) is 146 Å². The van der Waals surface area contributed by atoms with Gasteiger partial charge in [0.05, 0.1) is 100 Å². The van der Waals surface area contributed by atoms with Crippen molar-refractivity contribution in [3.63, 3.8) is 0 Å². The number of hydrogen-bond donors (Lipinski definition) is 0. The number of hydrogen-bond acceptors (Lipinski definition) is 24. The Morgan fingerprint density at radius 3 is 0.840 bits per heavy atom. The van der Waals surface area contributed by atoms with E-state index >= 15 is 0 Å². The van der Waals surface area contributed by atoms with Gasteiger partial charge in [0.2, 0.25) is 0 Å². The van der Waals surface area contributed by atoms with Crippen LogP contribution in [0.15, 0.2) is 233 Å². The molecule has 0 aromatic heterocycles. The van der Waals surface area contributed by atoms with Crippen LogP contribution in [0.5, 0.6) is 51.7 Å². The highest BCUT2D eigenvalue weighted by Crippen LogP contribution is 2.43. The molecule has 24 nitrogen and oxygen atoms in total. The number of nitrogens with zero attached hydrogens (tertiary/aromatic N) is 1. The number of nitriles is 1. The van der Waals surface area contributed by atoms with Crippen molar-refractivity contribution in [3.8, 4) is 57.8 Å². The molecule has 3 fully saturated rings. The molecule has 0 bridgehead atoms. The first-order valence-electron chi connectivity index (χ1n) is 42.9. The Morgan fingerprint density at radius 2 is 0.560 bits per heavy atom. The number of carbonyl (C=O) groups is 9. The van der Waals surface area contributed by atoms with E-state index in [-0.39, 0.29) is 38.3 Å². The summed E-state index contributed by atoms with van der Waals surface area (Å²) < 4.78 is 74.0. The van der Waals surface area contributed by atoms with E-state index in [0.29, 0.717) is 152 Å². The molecule has 0 amide bonds. The van der Waals surface area contributed by atoms with Crippen LogP contribution in [-0.4, -0.2) is 120 Å². The Bertz CT molecular complexity index is 4530. The standard InChI is InChI=1S/C28H34O5.C28H40O5.C25H26O8.C20H17NO5/c1-3-6-21-7-9-22(10-8-21)23-11-17-26(18-12-23)33-28(30)24-13-15-25(16-14-24)31-19-5-20-32-27(29)4-2;1-3-6-21-7-9-22(10-8-21)23-11-13-24(14-12-23)28(30)33-26-17-15-25(16-18-26)31-19-5-20-32-27(29)4-2;1-3-23(26)31-17-5-15-29-20-9-7-19(8-10-20)25(28)33-22-13-11-21(12-14-22)30-16-6-18-32-24(27)4-2;1-2-19(22)25-13-3-12-24-17-10-6-16(7-11-17)20(23)26-18-8-4-15(14-21)5-9-18/h4,11-18,21-22H,2-3,5-10,19-20H2,1H3;4,15-18,21-24H,2-3,5-14,19-20H2,1H3;3-4,7-14H,1-2,5-6,15-18H2;2,4-11H,1,3,12-13H2. The van der Waals surface area contributed by atoms with Gasteiger partial charge in [-0.1, -0.05) is 97.4 Å². The fraction of sp³-hybridized carbons (Fsp3) is 0.386. The lowest BCUT2D eigenvalue weighted by molar-refractivity contribution is -0.141. The minimum absolute atomic E-state index is 0.0203. The molecular weight excluding hydrogens is 1600 g/mol. The number of carbonyl (C=O) groups excluding carboxylic acids is 9. The van der Waals surface area contributed by atoms with Crippen molar-refractivity contribution in [2.75, 3.05) is 66.1 Å². The molecule has 10 rings (SSSR count). The van der Waals surface area contributed by atoms with Crippen molar-refractivity contribution in [3.05, 3.63) is 261 Å². The topological polar surface area (TPSA) is 307 Å². The fourth-order valence-corrected chi connectivity index (χ4v) is 14.2. The third kappa shape index (κ3) is 38.5. The van der Waals surface area contributed by atoms with Gasteiger partial charge in [0.25, 0.3) is 0 Å². The molecule has 3 saturated carbocycles. The molecule has 7 aromatic rings. The number of esters is 9. The Balaban J connectivity index is 0.000000230. The average molecular weight is 1710 g/mol. The molecule has 3 aliphatic carbocycles. The molecule has 0 spiro atoms. The monoisotopic (exact) mass is 1710 g/mol. The lowest BCUT2D eigenvalue weighted by atomic mass is 9.69. The molecule has 0 atom stereocenters. The summed E-state index contributed by atoms with van der Waals surface area (Å²) in [7, 11) is 0. The molecule has 0 radical (unpaired) electrons. The Morgan fingerprint density at radius 1 is 0.312 bits per heavy atom. The van der Waals surface area contributed by atoms with Gasteiger partial charge in [0.1, 0.15) is 51.7 Å². The van der Waals surface area contributed by atoms with E-state index in [1.807, 2.05) is 18.2 Å². The van der Waals surface area contributed by atoms with Crippen molar-refractivity contribution in [1.29, 1.82) is 5.26 Å². The second kappa shape index (κ2) is 57.3. The Kier molecular flexibility index (Phi) is 45.4. The summed E-state index contributed by atoms with van der Waals surface area (Å²) in [6.45, 7) is 24.5. The van der Waals surface area contributed by atoms with Crippen LogP contribution < -0.4 is 42.6 Å². The minimum Gasteiger partial charge on any atom is -0.493 e. The maximum absolute atomic E-state index is 12.7. The van der Waals surface area contributed by atoms with Gasteiger partial charge in [0.15, 0.2) is 0 Å². The van der Waals surface area contributed by atoms with Gasteiger partial charge in [-0.25, -0.2) is 38.4 Å². The summed E-state index contributed by atoms with van der Waals surface area (Å²) in [6.07, 6.45) is 28.7. The first kappa shape index (κ1) is 99.1. The number of rotatable bonds is 44. The van der Waals surface area contributed by atoms with E-state index in [4.69, 9.17) is 71.6 Å². The van der Waals surface area contributed by atoms with Crippen LogP contribution in [0.1, 0.15) is 197 Å². The second-order valence-electron chi connectivity index (χ2n) is 29.9. The molecule has 24 heteroatoms. The smallest absolute Gasteiger partial charge is 0.343 e. The zero-order valence-electron chi connectivity index (χ0n) is 71.8. The maximum atomic E-state index is 12.7. The highest BCUT2D eigenvalue weighted by molar-refractivity contribution is 5.92. The van der Waals surface area contributed by atoms with Crippen LogP contribution in [0.3, 0.4) is 0 Å². The third-order valence-corrected chi connectivity index (χ3v) is 20.8. The summed E-state index contributed by atoms with van der Waals surface area (Å²) in [4.78, 5) is 104. The zero-order chi connectivity index (χ0) is 89.6. The van der Waals surface area contributed by atoms with Crippen LogP contribution in [0.2, 0.25) is 0 Å². The van der Waals surface area contributed by atoms with Crippen LogP contribution in [0, 0.1) is 40.9 Å². The van der Waals surface area contributed by atoms with E-state index in [0.717, 1.165) is 79.7 Å². The summed E-state index contributed by atoms with van der Waals surface area (Å²) in [5.74, 6) is 5.35. The van der Waals surface area contributed by atoms with E-state index < -0.39 is 47.8 Å². The van der Waals surface area contributed by atoms with Gasteiger partial charge in [-0.2, -0.15) is 5.26 Å². The second-order valence-corrected chi connectivity index (χ2v) is 29.9. The minimum atomic E-state index is -0.504. The zero-order valence-corrected chi connectivity index (χ0v) is 71.8. The van der Waals surface area contributed by atoms with Gasteiger partial charge in [-0.3, -0.25) is 4.79 Å². The Labute approximate surface area is 733 Å². The normalized spacial score (nSPS) is 15.9. The molecule has 7 aromatic carbocycles. The van der Waals surface area contributed by atoms with E-state index in [1.165, 1.54) is 82.6 Å². The van der Waals surface area contributed by atoms with Gasteiger partial charge in [0, 0.05) is 62.5 Å². The maximum Gasteiger partial charge on any atom is 0.343 e. The van der Waals surface area contributed by atoms with Crippen LogP contribution >= 0.6 is 0 Å². The summed E-state index contributed by atoms with van der Waals surface area (Å²) in [5, 5.41) is 8.75. The van der Waals surface area contributed by atoms with Crippen LogP contribution in [-0.2, 0) is 52.5 Å². The molecular formula is C101H117NO23. The van der Waals surface area contributed by atoms with Crippen molar-refractivity contribution < 1.29 is 109 Å². The van der Waals surface area contributed by atoms with E-state index in [2.05, 4.69) is 58.9 Å². The van der Waals surface area contributed by atoms with Gasteiger partial charge < -0.3 is 66.3 Å². The number of benzene rings is 7. The average Bonchev–Trinajstić information content (AvgIpc) is 0.851. The fourth-order valence-electron chi connectivity index (χ4n) is 14.2. The molecule has 0 N–H and O–H groups in total. The summed E-state index contributed by atoms with van der Waals surface area (Å²) in [6, 6.07) is 49.8. The predicted octanol–water partition coefficient (Wildman–Crippen LogP) is 20.2. The molecule has 0 saturated heterocycles. The van der Waals surface area contributed by atoms with Gasteiger partial charge >= 0.3 is 53.7 Å². The highest BCUT2D eigenvalue weighted by Gasteiger charge is 2.34. The first-order valence-corrected chi connectivity index (χ1v) is 42.9. The molecule has 3 aliphatic rings. The van der Waals surface area contributed by atoms with Gasteiger partial charge in [-0.15, -0.1) is 0 Å². The SMILES string of the molecule is C=CC(=O)OCCCOc1ccc(C(=O)Oc2ccc(C#N)cc2)cc1.C=CC(=O)OCCCOc1ccc(C(=O)Oc2ccc(C3CCC(CCC)CC3)cc2)cc1.C=CC(=O)OCCCOc1ccc(OC(=O)C2CCC(C3CCC(CCC)CC3)CC2)cc1.C=CC(=O)OCCCOc1ccc(OC(=O)c2ccc(OCCCOC(=O)C=C)cc2)cc1. The van der Waals surface area contributed by atoms with E-state index in [9.17, 15) is 43.2 Å². The lowest BCUT2D eigenvalue weighted by Gasteiger charge is -2.37. The predicted molar refractivity (Wildman–Crippen MR) is 472 cm³/mol. The van der Waals surface area contributed by atoms with Crippen LogP contribution in [0.25, 0.3) is 0 Å². The molecule has 664 valence electrons. The number of ether oxygens (including phenoxy) is 14. The van der Waals surface area contributed by atoms with Gasteiger partial charge in [-0.05, 0) is 257 Å². The molecule has 0 aliphatic heterocycles. The molecule has 125 heavy (non-hydrogen) atoms. The van der Waals surface area contributed by atoms with Crippen molar-refractivity contribution in [1.82, 2.24) is 0 Å². The summed E-state index contributed by atoms with van der Waals surface area (Å²) in [5.41, 5.74) is 3.04. The largest absolute Gasteiger partial charge is 0.493 e. The quantitative estimate of drug-likeness (QED) is 0.0113. The van der Waals surface area contributed by atoms with Crippen molar-refractivity contribution in [2.24, 2.45) is 29.6 Å². The first-order chi connectivity index (χ1) is 60.8. The van der Waals surface area contributed by atoms with Crippen molar-refractivity contribution in [2.45, 2.75) is 155 Å². The lowest BCUT2D eigenvalue weighted by Crippen LogP contribution is -2.30. The van der Waals surface area contributed by atoms with Crippen molar-refractivity contribution >= 4 is 53.7 Å². The van der Waals surface area contributed by atoms with Crippen LogP contribution in [0.4, 0.5) is 0 Å². The Hall–Kier alpha value is -13.0. The highest BCUT2D eigenvalue weighted by atomic mass is 16.6. The summed E-state index contributed by atoms with van der Waals surface area (Å²) >= 11 is 0.